The molecule has 0 amide bonds. The highest BCUT2D eigenvalue weighted by molar-refractivity contribution is 9.10. The number of nitrogens with zero attached hydrogens (tertiary/aromatic N) is 1. The first-order valence-corrected chi connectivity index (χ1v) is 14.3. The molecule has 1 nitrogen and oxygen atoms in total. The first kappa shape index (κ1) is 23.2. The fourth-order valence-corrected chi connectivity index (χ4v) is 6.65. The van der Waals surface area contributed by atoms with Crippen LogP contribution in [0.1, 0.15) is 0 Å². The van der Waals surface area contributed by atoms with Crippen molar-refractivity contribution in [1.29, 1.82) is 0 Å². The lowest BCUT2D eigenvalue weighted by atomic mass is 9.95. The molecule has 0 unspecified atom stereocenters. The van der Waals surface area contributed by atoms with E-state index in [1.807, 2.05) is 0 Å². The van der Waals surface area contributed by atoms with Crippen molar-refractivity contribution in [2.45, 2.75) is 0 Å². The molecule has 0 saturated heterocycles. The Morgan fingerprint density at radius 1 is 0.400 bits per heavy atom. The maximum Gasteiger partial charge on any atom is 0.0625 e. The van der Waals surface area contributed by atoms with Gasteiger partial charge in [-0.1, -0.05) is 125 Å². The fourth-order valence-electron chi connectivity index (χ4n) is 6.25. The minimum Gasteiger partial charge on any atom is -0.309 e. The van der Waals surface area contributed by atoms with Gasteiger partial charge in [0.15, 0.2) is 0 Å². The average molecular weight is 575 g/mol. The van der Waals surface area contributed by atoms with Gasteiger partial charge in [0.2, 0.25) is 0 Å². The summed E-state index contributed by atoms with van der Waals surface area (Å²) in [5, 5.41) is 7.72. The Hall–Kier alpha value is -4.66. The molecule has 0 aliphatic rings. The monoisotopic (exact) mass is 573 g/mol. The summed E-state index contributed by atoms with van der Waals surface area (Å²) < 4.78 is 3.55. The van der Waals surface area contributed by atoms with E-state index in [0.29, 0.717) is 0 Å². The van der Waals surface area contributed by atoms with Crippen molar-refractivity contribution < 1.29 is 0 Å². The summed E-state index contributed by atoms with van der Waals surface area (Å²) in [5.74, 6) is 0. The molecule has 0 bridgehead atoms. The van der Waals surface area contributed by atoms with Crippen molar-refractivity contribution in [3.05, 3.63) is 150 Å². The van der Waals surface area contributed by atoms with Crippen LogP contribution in [0.5, 0.6) is 0 Å². The third-order valence-corrected chi connectivity index (χ3v) is 8.50. The number of hydrogen-bond acceptors (Lipinski definition) is 0. The van der Waals surface area contributed by atoms with Gasteiger partial charge < -0.3 is 4.57 Å². The minimum atomic E-state index is 1.09. The fraction of sp³-hybridized carbons (Fsp3) is 0. The van der Waals surface area contributed by atoms with Crippen LogP contribution in [0, 0.1) is 0 Å². The Morgan fingerprint density at radius 3 is 1.70 bits per heavy atom. The molecule has 0 atom stereocenters. The highest BCUT2D eigenvalue weighted by Gasteiger charge is 2.19. The molecule has 2 heteroatoms. The SMILES string of the molecule is Brc1cccc(-c2cccc(-c3ccc4c5c6ccccc6c6ccccc6c5n(-c5ccccc5)c4c3)c2)c1. The third kappa shape index (κ3) is 3.61. The summed E-state index contributed by atoms with van der Waals surface area (Å²) in [6.07, 6.45) is 0. The molecule has 7 aromatic carbocycles. The summed E-state index contributed by atoms with van der Waals surface area (Å²) in [6.45, 7) is 0. The van der Waals surface area contributed by atoms with E-state index in [1.54, 1.807) is 0 Å². The van der Waals surface area contributed by atoms with Crippen LogP contribution in [0.15, 0.2) is 150 Å². The van der Waals surface area contributed by atoms with E-state index in [0.717, 1.165) is 4.47 Å². The molecule has 40 heavy (non-hydrogen) atoms. The molecule has 0 radical (unpaired) electrons. The summed E-state index contributed by atoms with van der Waals surface area (Å²) >= 11 is 3.63. The number of halogens is 1. The number of aromatic nitrogens is 1. The smallest absolute Gasteiger partial charge is 0.0625 e. The molecule has 0 N–H and O–H groups in total. The lowest BCUT2D eigenvalue weighted by Crippen LogP contribution is -1.94. The highest BCUT2D eigenvalue weighted by Crippen LogP contribution is 2.43. The Kier molecular flexibility index (Phi) is 5.36. The molecule has 188 valence electrons. The number of benzene rings is 7. The molecule has 0 saturated carbocycles. The molecule has 0 spiro atoms. The Bertz CT molecular complexity index is 2220. The van der Waals surface area contributed by atoms with Gasteiger partial charge >= 0.3 is 0 Å². The van der Waals surface area contributed by atoms with Crippen molar-refractivity contribution in [1.82, 2.24) is 4.57 Å². The zero-order valence-corrected chi connectivity index (χ0v) is 23.3. The summed E-state index contributed by atoms with van der Waals surface area (Å²) in [6, 6.07) is 52.7. The van der Waals surface area contributed by atoms with Gasteiger partial charge in [-0.2, -0.15) is 0 Å². The van der Waals surface area contributed by atoms with E-state index in [-0.39, 0.29) is 0 Å². The molecule has 8 aromatic rings. The van der Waals surface area contributed by atoms with E-state index in [1.165, 1.54) is 71.3 Å². The van der Waals surface area contributed by atoms with Crippen molar-refractivity contribution in [2.24, 2.45) is 0 Å². The van der Waals surface area contributed by atoms with E-state index in [2.05, 4.69) is 166 Å². The van der Waals surface area contributed by atoms with E-state index >= 15 is 0 Å². The number of rotatable bonds is 3. The van der Waals surface area contributed by atoms with Crippen LogP contribution in [0.4, 0.5) is 0 Å². The molecule has 0 aliphatic carbocycles. The van der Waals surface area contributed by atoms with Crippen molar-refractivity contribution in [3.63, 3.8) is 0 Å². The van der Waals surface area contributed by atoms with Crippen LogP contribution in [-0.4, -0.2) is 4.57 Å². The first-order chi connectivity index (χ1) is 19.8. The Labute approximate surface area is 241 Å². The third-order valence-electron chi connectivity index (χ3n) is 8.01. The predicted octanol–water partition coefficient (Wildman–Crippen LogP) is 11.2. The molecule has 1 aromatic heterocycles. The van der Waals surface area contributed by atoms with Crippen molar-refractivity contribution in [3.8, 4) is 27.9 Å². The maximum absolute atomic E-state index is 3.63. The second-order valence-electron chi connectivity index (χ2n) is 10.3. The largest absolute Gasteiger partial charge is 0.309 e. The van der Waals surface area contributed by atoms with Crippen LogP contribution in [0.25, 0.3) is 71.3 Å². The van der Waals surface area contributed by atoms with Crippen LogP contribution < -0.4 is 0 Å². The van der Waals surface area contributed by atoms with Gasteiger partial charge in [-0.05, 0) is 74.8 Å². The van der Waals surface area contributed by atoms with Crippen LogP contribution >= 0.6 is 15.9 Å². The van der Waals surface area contributed by atoms with Crippen molar-refractivity contribution in [2.75, 3.05) is 0 Å². The molecule has 1 heterocycles. The zero-order chi connectivity index (χ0) is 26.6. The number of hydrogen-bond donors (Lipinski definition) is 0. The molecular formula is C38H24BrN. The predicted molar refractivity (Wildman–Crippen MR) is 174 cm³/mol. The van der Waals surface area contributed by atoms with Crippen molar-refractivity contribution >= 4 is 59.3 Å². The van der Waals surface area contributed by atoms with Crippen LogP contribution in [-0.2, 0) is 0 Å². The van der Waals surface area contributed by atoms with Gasteiger partial charge in [-0.15, -0.1) is 0 Å². The minimum absolute atomic E-state index is 1.09. The maximum atomic E-state index is 3.63. The van der Waals surface area contributed by atoms with Gasteiger partial charge in [0.05, 0.1) is 11.0 Å². The summed E-state index contributed by atoms with van der Waals surface area (Å²) in [7, 11) is 0. The standard InChI is InChI=1S/C38H24BrN/c39-29-13-9-12-27(23-29)25-10-8-11-26(22-25)28-20-21-35-36(24-28)40(30-14-2-1-3-15-30)38-34-19-7-5-17-32(34)31-16-4-6-18-33(31)37(35)38/h1-24H. The summed E-state index contributed by atoms with van der Waals surface area (Å²) in [4.78, 5) is 0. The normalized spacial score (nSPS) is 11.6. The second-order valence-corrected chi connectivity index (χ2v) is 11.2. The van der Waals surface area contributed by atoms with Crippen LogP contribution in [0.3, 0.4) is 0 Å². The Morgan fingerprint density at radius 2 is 0.975 bits per heavy atom. The molecule has 0 aliphatic heterocycles. The van der Waals surface area contributed by atoms with E-state index in [4.69, 9.17) is 0 Å². The van der Waals surface area contributed by atoms with Gasteiger partial charge in [-0.25, -0.2) is 0 Å². The van der Waals surface area contributed by atoms with Gasteiger partial charge in [0.25, 0.3) is 0 Å². The molecular weight excluding hydrogens is 550 g/mol. The Balaban J connectivity index is 1.47. The first-order valence-electron chi connectivity index (χ1n) is 13.6. The second kappa shape index (κ2) is 9.22. The van der Waals surface area contributed by atoms with Gasteiger partial charge in [0, 0.05) is 26.3 Å². The van der Waals surface area contributed by atoms with Gasteiger partial charge in [-0.3, -0.25) is 0 Å². The van der Waals surface area contributed by atoms with Crippen LogP contribution in [0.2, 0.25) is 0 Å². The molecule has 8 rings (SSSR count). The van der Waals surface area contributed by atoms with E-state index < -0.39 is 0 Å². The average Bonchev–Trinajstić information content (AvgIpc) is 3.37. The zero-order valence-electron chi connectivity index (χ0n) is 21.7. The topological polar surface area (TPSA) is 4.93 Å². The number of fused-ring (bicyclic) bond motifs is 8. The lowest BCUT2D eigenvalue weighted by molar-refractivity contribution is 1.19. The lowest BCUT2D eigenvalue weighted by Gasteiger charge is -2.12. The number of para-hydroxylation sites is 1. The molecule has 0 fully saturated rings. The highest BCUT2D eigenvalue weighted by atomic mass is 79.9. The summed E-state index contributed by atoms with van der Waals surface area (Å²) in [5.41, 5.74) is 8.47. The van der Waals surface area contributed by atoms with E-state index in [9.17, 15) is 0 Å². The quantitative estimate of drug-likeness (QED) is 0.185. The van der Waals surface area contributed by atoms with Gasteiger partial charge in [0.1, 0.15) is 0 Å².